The number of hydrogen-bond acceptors (Lipinski definition) is 5. The number of nitriles is 2. The maximum absolute atomic E-state index is 8.82. The van der Waals surface area contributed by atoms with Gasteiger partial charge in [0.1, 0.15) is 0 Å². The second-order valence-corrected chi connectivity index (χ2v) is 6.22. The van der Waals surface area contributed by atoms with Crippen LogP contribution in [0.2, 0.25) is 0 Å². The molecule has 1 heterocycles. The molecule has 0 aliphatic carbocycles. The summed E-state index contributed by atoms with van der Waals surface area (Å²) in [6.45, 7) is 1.74. The number of benzene rings is 2. The third-order valence-corrected chi connectivity index (χ3v) is 4.07. The third kappa shape index (κ3) is 5.75. The minimum Gasteiger partial charge on any atom is -0.370 e. The molecule has 3 aromatic rings. The van der Waals surface area contributed by atoms with Gasteiger partial charge in [-0.1, -0.05) is 30.3 Å². The molecule has 0 aliphatic rings. The molecule has 0 spiro atoms. The largest absolute Gasteiger partial charge is 0.370 e. The summed E-state index contributed by atoms with van der Waals surface area (Å²) in [5.41, 5.74) is 4.99. The van der Waals surface area contributed by atoms with E-state index in [2.05, 4.69) is 17.1 Å². The molecule has 28 heavy (non-hydrogen) atoms. The Hall–Kier alpha value is -3.51. The van der Waals surface area contributed by atoms with Crippen LogP contribution in [0.5, 0.6) is 0 Å². The average Bonchev–Trinajstić information content (AvgIpc) is 2.75. The number of hydrogen-bond donors (Lipinski definition) is 0. The topological polar surface area (TPSA) is 78.9 Å². The Bertz CT molecular complexity index is 905. The average molecular weight is 369 g/mol. The Morgan fingerprint density at radius 1 is 0.607 bits per heavy atom. The molecule has 0 N–H and O–H groups in total. The number of pyridine rings is 1. The molecule has 0 saturated carbocycles. The highest BCUT2D eigenvalue weighted by Gasteiger charge is 2.01. The van der Waals surface area contributed by atoms with Crippen LogP contribution in [-0.2, 0) is 35.9 Å². The first-order valence-corrected chi connectivity index (χ1v) is 8.85. The maximum Gasteiger partial charge on any atom is 0.0991 e. The first-order valence-electron chi connectivity index (χ1n) is 8.85. The lowest BCUT2D eigenvalue weighted by Crippen LogP contribution is -2.01. The highest BCUT2D eigenvalue weighted by atomic mass is 16.5. The standard InChI is InChI=1S/C23H19N3O2/c24-12-18-4-8-20(9-5-18)14-27-16-22-2-1-3-23(26-22)17-28-15-21-10-6-19(13-25)7-11-21/h1-11H,14-17H2. The van der Waals surface area contributed by atoms with Crippen molar-refractivity contribution in [2.45, 2.75) is 26.4 Å². The molecule has 1 aromatic heterocycles. The first kappa shape index (κ1) is 19.3. The van der Waals surface area contributed by atoms with E-state index >= 15 is 0 Å². The van der Waals surface area contributed by atoms with Crippen LogP contribution in [0.25, 0.3) is 0 Å². The molecule has 0 bridgehead atoms. The van der Waals surface area contributed by atoms with Crippen LogP contribution in [-0.4, -0.2) is 4.98 Å². The normalized spacial score (nSPS) is 10.2. The van der Waals surface area contributed by atoms with E-state index in [0.29, 0.717) is 37.6 Å². The van der Waals surface area contributed by atoms with Crippen molar-refractivity contribution in [3.63, 3.8) is 0 Å². The second-order valence-electron chi connectivity index (χ2n) is 6.22. The molecular formula is C23H19N3O2. The highest BCUT2D eigenvalue weighted by molar-refractivity contribution is 5.32. The quantitative estimate of drug-likeness (QED) is 0.593. The monoisotopic (exact) mass is 369 g/mol. The first-order chi connectivity index (χ1) is 13.8. The molecule has 2 aromatic carbocycles. The Morgan fingerprint density at radius 2 is 1.04 bits per heavy atom. The fourth-order valence-corrected chi connectivity index (χ4v) is 2.59. The van der Waals surface area contributed by atoms with Gasteiger partial charge in [0.05, 0.1) is 61.1 Å². The van der Waals surface area contributed by atoms with Crippen molar-refractivity contribution in [3.8, 4) is 12.1 Å². The molecule has 0 radical (unpaired) electrons. The smallest absolute Gasteiger partial charge is 0.0991 e. The molecule has 0 atom stereocenters. The third-order valence-electron chi connectivity index (χ3n) is 4.07. The fourth-order valence-electron chi connectivity index (χ4n) is 2.59. The molecule has 5 heteroatoms. The van der Waals surface area contributed by atoms with Crippen molar-refractivity contribution in [2.75, 3.05) is 0 Å². The van der Waals surface area contributed by atoms with Crippen LogP contribution in [0.4, 0.5) is 0 Å². The lowest BCUT2D eigenvalue weighted by Gasteiger charge is -2.07. The minimum absolute atomic E-state index is 0.406. The maximum atomic E-state index is 8.82. The molecule has 0 saturated heterocycles. The zero-order valence-electron chi connectivity index (χ0n) is 15.3. The predicted molar refractivity (Wildman–Crippen MR) is 104 cm³/mol. The van der Waals surface area contributed by atoms with Crippen molar-refractivity contribution in [1.82, 2.24) is 4.98 Å². The highest BCUT2D eigenvalue weighted by Crippen LogP contribution is 2.09. The summed E-state index contributed by atoms with van der Waals surface area (Å²) in [6.07, 6.45) is 0. The van der Waals surface area contributed by atoms with E-state index in [-0.39, 0.29) is 0 Å². The van der Waals surface area contributed by atoms with Crippen LogP contribution in [0.15, 0.2) is 66.7 Å². The minimum atomic E-state index is 0.406. The van der Waals surface area contributed by atoms with Gasteiger partial charge in [0.25, 0.3) is 0 Å². The van der Waals surface area contributed by atoms with Crippen molar-refractivity contribution < 1.29 is 9.47 Å². The van der Waals surface area contributed by atoms with E-state index in [9.17, 15) is 0 Å². The van der Waals surface area contributed by atoms with Gasteiger partial charge in [-0.05, 0) is 47.5 Å². The van der Waals surface area contributed by atoms with E-state index in [1.54, 1.807) is 24.3 Å². The molecule has 3 rings (SSSR count). The fraction of sp³-hybridized carbons (Fsp3) is 0.174. The summed E-state index contributed by atoms with van der Waals surface area (Å²) in [6, 6.07) is 24.7. The van der Waals surface area contributed by atoms with Gasteiger partial charge >= 0.3 is 0 Å². The summed E-state index contributed by atoms with van der Waals surface area (Å²) in [7, 11) is 0. The Balaban J connectivity index is 1.45. The zero-order chi connectivity index (χ0) is 19.6. The van der Waals surface area contributed by atoms with Gasteiger partial charge in [-0.3, -0.25) is 4.98 Å². The van der Waals surface area contributed by atoms with Crippen molar-refractivity contribution in [2.24, 2.45) is 0 Å². The number of rotatable bonds is 8. The zero-order valence-corrected chi connectivity index (χ0v) is 15.3. The van der Waals surface area contributed by atoms with Crippen LogP contribution >= 0.6 is 0 Å². The van der Waals surface area contributed by atoms with E-state index in [1.807, 2.05) is 42.5 Å². The van der Waals surface area contributed by atoms with Crippen LogP contribution < -0.4 is 0 Å². The predicted octanol–water partition coefficient (Wildman–Crippen LogP) is 4.26. The second kappa shape index (κ2) is 9.99. The van der Waals surface area contributed by atoms with Gasteiger partial charge in [0.15, 0.2) is 0 Å². The summed E-state index contributed by atoms with van der Waals surface area (Å²) in [5, 5.41) is 17.6. The molecule has 0 aliphatic heterocycles. The van der Waals surface area contributed by atoms with Gasteiger partial charge < -0.3 is 9.47 Å². The summed E-state index contributed by atoms with van der Waals surface area (Å²) in [5.74, 6) is 0. The Kier molecular flexibility index (Phi) is 6.87. The number of aromatic nitrogens is 1. The van der Waals surface area contributed by atoms with Crippen molar-refractivity contribution in [1.29, 1.82) is 10.5 Å². The number of ether oxygens (including phenoxy) is 2. The molecule has 138 valence electrons. The van der Waals surface area contributed by atoms with Gasteiger partial charge in [0, 0.05) is 0 Å². The van der Waals surface area contributed by atoms with Crippen molar-refractivity contribution >= 4 is 0 Å². The van der Waals surface area contributed by atoms with E-state index in [0.717, 1.165) is 22.5 Å². The van der Waals surface area contributed by atoms with Gasteiger partial charge in [-0.25, -0.2) is 0 Å². The van der Waals surface area contributed by atoms with Gasteiger partial charge in [-0.2, -0.15) is 10.5 Å². The lowest BCUT2D eigenvalue weighted by atomic mass is 10.2. The SMILES string of the molecule is N#Cc1ccc(COCc2cccc(COCc3ccc(C#N)cc3)n2)cc1. The van der Waals surface area contributed by atoms with Crippen LogP contribution in [0, 0.1) is 22.7 Å². The summed E-state index contributed by atoms with van der Waals surface area (Å²) in [4.78, 5) is 4.55. The number of nitrogens with zero attached hydrogens (tertiary/aromatic N) is 3. The van der Waals surface area contributed by atoms with E-state index in [4.69, 9.17) is 20.0 Å². The van der Waals surface area contributed by atoms with Gasteiger partial charge in [0.2, 0.25) is 0 Å². The molecule has 0 amide bonds. The Labute approximate surface area is 164 Å². The molecule has 0 fully saturated rings. The summed E-state index contributed by atoms with van der Waals surface area (Å²) < 4.78 is 11.4. The Morgan fingerprint density at radius 3 is 1.43 bits per heavy atom. The van der Waals surface area contributed by atoms with E-state index in [1.165, 1.54) is 0 Å². The molecule has 0 unspecified atom stereocenters. The summed E-state index contributed by atoms with van der Waals surface area (Å²) >= 11 is 0. The lowest BCUT2D eigenvalue weighted by molar-refractivity contribution is 0.0980. The molecular weight excluding hydrogens is 350 g/mol. The van der Waals surface area contributed by atoms with E-state index < -0.39 is 0 Å². The molecule has 5 nitrogen and oxygen atoms in total. The van der Waals surface area contributed by atoms with Crippen LogP contribution in [0.3, 0.4) is 0 Å². The van der Waals surface area contributed by atoms with Gasteiger partial charge in [-0.15, -0.1) is 0 Å². The van der Waals surface area contributed by atoms with Crippen LogP contribution in [0.1, 0.15) is 33.6 Å². The van der Waals surface area contributed by atoms with Crippen molar-refractivity contribution in [3.05, 3.63) is 100 Å².